The van der Waals surface area contributed by atoms with Gasteiger partial charge in [-0.05, 0) is 37.6 Å². The number of hydrogen-bond donors (Lipinski definition) is 2. The maximum Gasteiger partial charge on any atom is 0.0568 e. The first kappa shape index (κ1) is 15.0. The van der Waals surface area contributed by atoms with Crippen LogP contribution in [0.25, 0.3) is 44.2 Å². The van der Waals surface area contributed by atoms with Gasteiger partial charge < -0.3 is 9.97 Å². The summed E-state index contributed by atoms with van der Waals surface area (Å²) in [7, 11) is 0. The summed E-state index contributed by atoms with van der Waals surface area (Å²) < 4.78 is 0. The number of fused-ring (bicyclic) bond motifs is 2. The molecule has 2 nitrogen and oxygen atoms in total. The van der Waals surface area contributed by atoms with Gasteiger partial charge in [0.1, 0.15) is 0 Å². The van der Waals surface area contributed by atoms with E-state index in [1.54, 1.807) is 0 Å². The van der Waals surface area contributed by atoms with Crippen LogP contribution in [0.4, 0.5) is 0 Å². The summed E-state index contributed by atoms with van der Waals surface area (Å²) >= 11 is 0. The molecule has 0 fully saturated rings. The Kier molecular flexibility index (Phi) is 3.26. The van der Waals surface area contributed by atoms with Crippen molar-refractivity contribution in [3.05, 3.63) is 84.1 Å². The molecule has 0 radical (unpaired) electrons. The molecule has 0 unspecified atom stereocenters. The SMILES string of the molecule is Cc1ccc2[nH]c(-c3c(C)[nH]c4ccccc34)c(-c3ccccc3)c2c1. The summed E-state index contributed by atoms with van der Waals surface area (Å²) in [5, 5.41) is 2.53. The smallest absolute Gasteiger partial charge is 0.0568 e. The molecule has 126 valence electrons. The van der Waals surface area contributed by atoms with Crippen molar-refractivity contribution < 1.29 is 0 Å². The molecule has 2 heteroatoms. The predicted molar refractivity (Wildman–Crippen MR) is 111 cm³/mol. The fourth-order valence-electron chi connectivity index (χ4n) is 4.00. The first-order chi connectivity index (χ1) is 12.7. The average molecular weight is 336 g/mol. The van der Waals surface area contributed by atoms with Crippen molar-refractivity contribution in [1.29, 1.82) is 0 Å². The zero-order valence-corrected chi connectivity index (χ0v) is 14.9. The van der Waals surface area contributed by atoms with Crippen molar-refractivity contribution in [2.45, 2.75) is 13.8 Å². The van der Waals surface area contributed by atoms with Crippen LogP contribution in [0.15, 0.2) is 72.8 Å². The van der Waals surface area contributed by atoms with E-state index in [-0.39, 0.29) is 0 Å². The molecule has 2 N–H and O–H groups in total. The summed E-state index contributed by atoms with van der Waals surface area (Å²) in [4.78, 5) is 7.25. The summed E-state index contributed by atoms with van der Waals surface area (Å²) in [5.74, 6) is 0. The Morgan fingerprint density at radius 2 is 1.35 bits per heavy atom. The lowest BCUT2D eigenvalue weighted by Crippen LogP contribution is -1.84. The van der Waals surface area contributed by atoms with Gasteiger partial charge in [0.15, 0.2) is 0 Å². The number of nitrogens with one attached hydrogen (secondary N) is 2. The lowest BCUT2D eigenvalue weighted by Gasteiger charge is -2.06. The summed E-state index contributed by atoms with van der Waals surface area (Å²) in [6.45, 7) is 4.30. The molecule has 0 aliphatic rings. The minimum absolute atomic E-state index is 1.17. The molecule has 2 aromatic heterocycles. The van der Waals surface area contributed by atoms with Gasteiger partial charge >= 0.3 is 0 Å². The maximum atomic E-state index is 3.71. The van der Waals surface area contributed by atoms with Crippen LogP contribution in [0.2, 0.25) is 0 Å². The van der Waals surface area contributed by atoms with Gasteiger partial charge in [0, 0.05) is 38.6 Å². The number of aromatic nitrogens is 2. The minimum atomic E-state index is 1.17. The fourth-order valence-corrected chi connectivity index (χ4v) is 4.00. The van der Waals surface area contributed by atoms with E-state index in [1.165, 1.54) is 55.4 Å². The van der Waals surface area contributed by atoms with E-state index in [0.29, 0.717) is 0 Å². The fraction of sp³-hybridized carbons (Fsp3) is 0.0833. The second-order valence-electron chi connectivity index (χ2n) is 6.96. The quantitative estimate of drug-likeness (QED) is 0.364. The molecular formula is C24H20N2. The minimum Gasteiger partial charge on any atom is -0.358 e. The maximum absolute atomic E-state index is 3.71. The Morgan fingerprint density at radius 3 is 2.19 bits per heavy atom. The molecule has 26 heavy (non-hydrogen) atoms. The Balaban J connectivity index is 1.93. The zero-order valence-electron chi connectivity index (χ0n) is 14.9. The van der Waals surface area contributed by atoms with Gasteiger partial charge in [0.25, 0.3) is 0 Å². The van der Waals surface area contributed by atoms with Gasteiger partial charge in [-0.3, -0.25) is 0 Å². The number of rotatable bonds is 2. The topological polar surface area (TPSA) is 31.6 Å². The number of hydrogen-bond acceptors (Lipinski definition) is 0. The molecule has 3 aromatic carbocycles. The Hall–Kier alpha value is -3.26. The largest absolute Gasteiger partial charge is 0.358 e. The number of benzene rings is 3. The standard InChI is InChI=1S/C24H20N2/c1-15-12-13-21-19(14-15)23(17-8-4-3-5-9-17)24(26-21)22-16(2)25-20-11-7-6-10-18(20)22/h3-14,25-26H,1-2H3. The van der Waals surface area contributed by atoms with E-state index >= 15 is 0 Å². The lowest BCUT2D eigenvalue weighted by molar-refractivity contribution is 1.29. The van der Waals surface area contributed by atoms with Crippen molar-refractivity contribution in [3.63, 3.8) is 0 Å². The highest BCUT2D eigenvalue weighted by Crippen LogP contribution is 2.42. The van der Waals surface area contributed by atoms with Gasteiger partial charge in [-0.15, -0.1) is 0 Å². The monoisotopic (exact) mass is 336 g/mol. The van der Waals surface area contributed by atoms with Gasteiger partial charge in [0.05, 0.1) is 5.69 Å². The average Bonchev–Trinajstić information content (AvgIpc) is 3.18. The highest BCUT2D eigenvalue weighted by Gasteiger charge is 2.19. The summed E-state index contributed by atoms with van der Waals surface area (Å²) in [6.07, 6.45) is 0. The number of H-pyrrole nitrogens is 2. The molecule has 5 aromatic rings. The number of para-hydroxylation sites is 1. The number of aromatic amines is 2. The van der Waals surface area contributed by atoms with Crippen molar-refractivity contribution in [2.75, 3.05) is 0 Å². The second-order valence-corrected chi connectivity index (χ2v) is 6.96. The third-order valence-corrected chi connectivity index (χ3v) is 5.16. The van der Waals surface area contributed by atoms with Gasteiger partial charge in [-0.1, -0.05) is 60.2 Å². The first-order valence-electron chi connectivity index (χ1n) is 8.98. The molecule has 0 aliphatic heterocycles. The van der Waals surface area contributed by atoms with Crippen LogP contribution in [0.5, 0.6) is 0 Å². The van der Waals surface area contributed by atoms with E-state index in [9.17, 15) is 0 Å². The molecule has 0 saturated heterocycles. The predicted octanol–water partition coefficient (Wildman–Crippen LogP) is 6.60. The van der Waals surface area contributed by atoms with E-state index < -0.39 is 0 Å². The molecule has 2 heterocycles. The molecule has 0 saturated carbocycles. The second kappa shape index (κ2) is 5.63. The van der Waals surface area contributed by atoms with Crippen LogP contribution in [-0.4, -0.2) is 9.97 Å². The Morgan fingerprint density at radius 1 is 0.615 bits per heavy atom. The highest BCUT2D eigenvalue weighted by molar-refractivity contribution is 6.09. The van der Waals surface area contributed by atoms with Crippen molar-refractivity contribution in [3.8, 4) is 22.4 Å². The zero-order chi connectivity index (χ0) is 17.7. The van der Waals surface area contributed by atoms with Crippen LogP contribution in [0.3, 0.4) is 0 Å². The summed E-state index contributed by atoms with van der Waals surface area (Å²) in [5.41, 5.74) is 9.77. The van der Waals surface area contributed by atoms with Gasteiger partial charge in [0.2, 0.25) is 0 Å². The van der Waals surface area contributed by atoms with Crippen molar-refractivity contribution in [1.82, 2.24) is 9.97 Å². The Bertz CT molecular complexity index is 1240. The van der Waals surface area contributed by atoms with Crippen molar-refractivity contribution >= 4 is 21.8 Å². The molecular weight excluding hydrogens is 316 g/mol. The van der Waals surface area contributed by atoms with Crippen LogP contribution in [0, 0.1) is 13.8 Å². The molecule has 5 rings (SSSR count). The molecule has 0 aliphatic carbocycles. The lowest BCUT2D eigenvalue weighted by atomic mass is 9.96. The summed E-state index contributed by atoms with van der Waals surface area (Å²) in [6, 6.07) is 25.8. The third kappa shape index (κ3) is 2.19. The van der Waals surface area contributed by atoms with Crippen LogP contribution < -0.4 is 0 Å². The van der Waals surface area contributed by atoms with E-state index in [1.807, 2.05) is 0 Å². The first-order valence-corrected chi connectivity index (χ1v) is 8.98. The van der Waals surface area contributed by atoms with Crippen LogP contribution in [-0.2, 0) is 0 Å². The van der Waals surface area contributed by atoms with E-state index in [4.69, 9.17) is 0 Å². The highest BCUT2D eigenvalue weighted by atomic mass is 14.8. The van der Waals surface area contributed by atoms with E-state index in [2.05, 4.69) is 96.6 Å². The van der Waals surface area contributed by atoms with Gasteiger partial charge in [-0.25, -0.2) is 0 Å². The van der Waals surface area contributed by atoms with Crippen LogP contribution >= 0.6 is 0 Å². The van der Waals surface area contributed by atoms with Gasteiger partial charge in [-0.2, -0.15) is 0 Å². The van der Waals surface area contributed by atoms with Crippen LogP contribution in [0.1, 0.15) is 11.3 Å². The number of aryl methyl sites for hydroxylation is 2. The normalized spacial score (nSPS) is 11.5. The molecule has 0 amide bonds. The molecule has 0 atom stereocenters. The molecule has 0 spiro atoms. The molecule has 0 bridgehead atoms. The van der Waals surface area contributed by atoms with E-state index in [0.717, 1.165) is 0 Å². The Labute approximate surface area is 152 Å². The van der Waals surface area contributed by atoms with Crippen molar-refractivity contribution in [2.24, 2.45) is 0 Å². The third-order valence-electron chi connectivity index (χ3n) is 5.16.